The summed E-state index contributed by atoms with van der Waals surface area (Å²) in [5.41, 5.74) is 3.37. The zero-order chi connectivity index (χ0) is 12.6. The predicted molar refractivity (Wildman–Crippen MR) is 69.0 cm³/mol. The molecule has 2 nitrogen and oxygen atoms in total. The first kappa shape index (κ1) is 11.9. The highest BCUT2D eigenvalue weighted by molar-refractivity contribution is 7.71. The first-order valence-corrected chi connectivity index (χ1v) is 5.74. The highest BCUT2D eigenvalue weighted by Crippen LogP contribution is 2.23. The summed E-state index contributed by atoms with van der Waals surface area (Å²) in [6, 6.07) is 5.02. The van der Waals surface area contributed by atoms with Gasteiger partial charge in [0, 0.05) is 5.56 Å². The van der Waals surface area contributed by atoms with Gasteiger partial charge in [0.25, 0.3) is 0 Å². The number of rotatable bonds is 1. The molecule has 88 valence electrons. The monoisotopic (exact) mass is 248 g/mol. The van der Waals surface area contributed by atoms with Crippen LogP contribution in [0, 0.1) is 31.2 Å². The van der Waals surface area contributed by atoms with Gasteiger partial charge in [0.1, 0.15) is 16.3 Å². The molecular formula is C13H13FN2S. The zero-order valence-corrected chi connectivity index (χ0v) is 10.8. The second-order valence-electron chi connectivity index (χ2n) is 4.09. The van der Waals surface area contributed by atoms with E-state index in [1.165, 1.54) is 6.07 Å². The van der Waals surface area contributed by atoms with Gasteiger partial charge in [-0.3, -0.25) is 0 Å². The number of hydrogen-bond donors (Lipinski definition) is 1. The molecule has 2 aromatic rings. The molecule has 0 spiro atoms. The summed E-state index contributed by atoms with van der Waals surface area (Å²) in [5.74, 6) is 0.563. The van der Waals surface area contributed by atoms with E-state index < -0.39 is 0 Å². The van der Waals surface area contributed by atoms with Crippen molar-refractivity contribution in [2.75, 3.05) is 0 Å². The number of hydrogen-bond acceptors (Lipinski definition) is 2. The largest absolute Gasteiger partial charge is 0.343 e. The SMILES string of the molecule is Cc1nc(=S)c(C)c(-c2ccc(F)c(C)c2)[nH]1. The fourth-order valence-electron chi connectivity index (χ4n) is 1.73. The number of halogens is 1. The first-order chi connectivity index (χ1) is 7.99. The minimum absolute atomic E-state index is 0.198. The third-order valence-electron chi connectivity index (χ3n) is 2.72. The van der Waals surface area contributed by atoms with Crippen molar-refractivity contribution >= 4 is 12.2 Å². The maximum Gasteiger partial charge on any atom is 0.133 e. The summed E-state index contributed by atoms with van der Waals surface area (Å²) in [6.07, 6.45) is 0. The molecule has 0 aliphatic carbocycles. The van der Waals surface area contributed by atoms with Crippen LogP contribution >= 0.6 is 12.2 Å². The standard InChI is InChI=1S/C13H13FN2S/c1-7-6-10(4-5-11(7)14)12-8(2)13(17)16-9(3)15-12/h4-6H,1-3H3,(H,15,16,17). The molecule has 0 aliphatic heterocycles. The summed E-state index contributed by atoms with van der Waals surface area (Å²) in [5, 5.41) is 0. The third-order valence-corrected chi connectivity index (χ3v) is 3.12. The Balaban J connectivity index is 2.68. The molecule has 0 aliphatic rings. The second kappa shape index (κ2) is 4.37. The van der Waals surface area contributed by atoms with Crippen molar-refractivity contribution in [3.63, 3.8) is 0 Å². The fraction of sp³-hybridized carbons (Fsp3) is 0.231. The van der Waals surface area contributed by atoms with Crippen LogP contribution in [0.5, 0.6) is 0 Å². The van der Waals surface area contributed by atoms with Crippen molar-refractivity contribution in [3.05, 3.63) is 45.6 Å². The molecule has 0 fully saturated rings. The van der Waals surface area contributed by atoms with Gasteiger partial charge in [0.2, 0.25) is 0 Å². The molecule has 0 amide bonds. The average molecular weight is 248 g/mol. The lowest BCUT2D eigenvalue weighted by Crippen LogP contribution is -1.97. The van der Waals surface area contributed by atoms with Crippen molar-refractivity contribution in [3.8, 4) is 11.3 Å². The van der Waals surface area contributed by atoms with Crippen molar-refractivity contribution in [1.29, 1.82) is 0 Å². The van der Waals surface area contributed by atoms with Gasteiger partial charge in [-0.2, -0.15) is 0 Å². The smallest absolute Gasteiger partial charge is 0.133 e. The van der Waals surface area contributed by atoms with E-state index in [0.29, 0.717) is 10.2 Å². The summed E-state index contributed by atoms with van der Waals surface area (Å²) in [6.45, 7) is 5.52. The number of H-pyrrole nitrogens is 1. The van der Waals surface area contributed by atoms with Crippen LogP contribution < -0.4 is 0 Å². The number of benzene rings is 1. The molecule has 4 heteroatoms. The van der Waals surface area contributed by atoms with Crippen LogP contribution in [0.15, 0.2) is 18.2 Å². The molecule has 17 heavy (non-hydrogen) atoms. The molecule has 1 heterocycles. The highest BCUT2D eigenvalue weighted by Gasteiger charge is 2.07. The molecule has 2 rings (SSSR count). The molecule has 1 N–H and O–H groups in total. The van der Waals surface area contributed by atoms with Crippen LogP contribution in [0.25, 0.3) is 11.3 Å². The molecule has 0 saturated heterocycles. The average Bonchev–Trinajstić information content (AvgIpc) is 2.27. The number of nitrogens with zero attached hydrogens (tertiary/aromatic N) is 1. The maximum atomic E-state index is 13.2. The van der Waals surface area contributed by atoms with E-state index in [2.05, 4.69) is 9.97 Å². The van der Waals surface area contributed by atoms with E-state index in [-0.39, 0.29) is 5.82 Å². The summed E-state index contributed by atoms with van der Waals surface area (Å²) in [7, 11) is 0. The zero-order valence-electron chi connectivity index (χ0n) is 9.97. The predicted octanol–water partition coefficient (Wildman–Crippen LogP) is 3.87. The van der Waals surface area contributed by atoms with Crippen molar-refractivity contribution in [2.24, 2.45) is 0 Å². The lowest BCUT2D eigenvalue weighted by atomic mass is 10.1. The van der Waals surface area contributed by atoms with Crippen LogP contribution in [-0.4, -0.2) is 9.97 Å². The Morgan fingerprint density at radius 2 is 1.94 bits per heavy atom. The normalized spacial score (nSPS) is 10.6. The van der Waals surface area contributed by atoms with Gasteiger partial charge in [-0.05, 0) is 50.1 Å². The first-order valence-electron chi connectivity index (χ1n) is 5.33. The van der Waals surface area contributed by atoms with Crippen LogP contribution in [0.1, 0.15) is 17.0 Å². The van der Waals surface area contributed by atoms with E-state index in [4.69, 9.17) is 12.2 Å². The Bertz CT molecular complexity index is 632. The Morgan fingerprint density at radius 1 is 1.24 bits per heavy atom. The highest BCUT2D eigenvalue weighted by atomic mass is 32.1. The summed E-state index contributed by atoms with van der Waals surface area (Å²) < 4.78 is 13.8. The molecule has 1 aromatic heterocycles. The van der Waals surface area contributed by atoms with E-state index in [1.54, 1.807) is 13.0 Å². The number of aromatic amines is 1. The topological polar surface area (TPSA) is 28.7 Å². The lowest BCUT2D eigenvalue weighted by Gasteiger charge is -2.08. The van der Waals surface area contributed by atoms with Gasteiger partial charge in [-0.15, -0.1) is 0 Å². The Morgan fingerprint density at radius 3 is 2.59 bits per heavy atom. The number of aromatic nitrogens is 2. The quantitative estimate of drug-likeness (QED) is 0.776. The Kier molecular flexibility index (Phi) is 3.07. The minimum Gasteiger partial charge on any atom is -0.343 e. The molecule has 0 unspecified atom stereocenters. The van der Waals surface area contributed by atoms with Gasteiger partial charge < -0.3 is 4.98 Å². The van der Waals surface area contributed by atoms with E-state index in [9.17, 15) is 4.39 Å². The molecule has 0 radical (unpaired) electrons. The van der Waals surface area contributed by atoms with E-state index in [1.807, 2.05) is 19.9 Å². The Labute approximate surface area is 105 Å². The lowest BCUT2D eigenvalue weighted by molar-refractivity contribution is 0.618. The number of nitrogens with one attached hydrogen (secondary N) is 1. The van der Waals surface area contributed by atoms with Gasteiger partial charge in [0.15, 0.2) is 0 Å². The van der Waals surface area contributed by atoms with Crippen LogP contribution in [0.4, 0.5) is 4.39 Å². The maximum absolute atomic E-state index is 13.2. The Hall–Kier alpha value is -1.55. The second-order valence-corrected chi connectivity index (χ2v) is 4.48. The molecule has 0 saturated carbocycles. The van der Waals surface area contributed by atoms with E-state index >= 15 is 0 Å². The van der Waals surface area contributed by atoms with Gasteiger partial charge in [-0.1, -0.05) is 12.2 Å². The van der Waals surface area contributed by atoms with Crippen LogP contribution in [0.3, 0.4) is 0 Å². The molecular weight excluding hydrogens is 235 g/mol. The number of aryl methyl sites for hydroxylation is 2. The van der Waals surface area contributed by atoms with Gasteiger partial charge >= 0.3 is 0 Å². The van der Waals surface area contributed by atoms with Crippen LogP contribution in [-0.2, 0) is 0 Å². The molecule has 1 aromatic carbocycles. The molecule has 0 bridgehead atoms. The minimum atomic E-state index is -0.198. The fourth-order valence-corrected chi connectivity index (χ4v) is 1.97. The molecule has 0 atom stereocenters. The summed E-state index contributed by atoms with van der Waals surface area (Å²) >= 11 is 5.18. The van der Waals surface area contributed by atoms with E-state index in [0.717, 1.165) is 22.6 Å². The summed E-state index contributed by atoms with van der Waals surface area (Å²) in [4.78, 5) is 7.36. The third kappa shape index (κ3) is 2.26. The van der Waals surface area contributed by atoms with Crippen molar-refractivity contribution in [1.82, 2.24) is 9.97 Å². The van der Waals surface area contributed by atoms with Crippen molar-refractivity contribution in [2.45, 2.75) is 20.8 Å². The van der Waals surface area contributed by atoms with Crippen LogP contribution in [0.2, 0.25) is 0 Å². The van der Waals surface area contributed by atoms with Gasteiger partial charge in [0.05, 0.1) is 5.69 Å². The van der Waals surface area contributed by atoms with Crippen molar-refractivity contribution < 1.29 is 4.39 Å². The van der Waals surface area contributed by atoms with Gasteiger partial charge in [-0.25, -0.2) is 9.37 Å².